The monoisotopic (exact) mass is 260 g/mol. The summed E-state index contributed by atoms with van der Waals surface area (Å²) in [4.78, 5) is 12.1. The van der Waals surface area contributed by atoms with E-state index in [1.165, 1.54) is 5.56 Å². The van der Waals surface area contributed by atoms with Crippen molar-refractivity contribution in [3.05, 3.63) is 23.8 Å². The Morgan fingerprint density at radius 2 is 2.16 bits per heavy atom. The van der Waals surface area contributed by atoms with Crippen molar-refractivity contribution >= 4 is 11.6 Å². The highest BCUT2D eigenvalue weighted by atomic mass is 16.5. The molecule has 1 aromatic carbocycles. The Morgan fingerprint density at radius 1 is 1.37 bits per heavy atom. The number of hydrogen-bond acceptors (Lipinski definition) is 3. The standard InChI is InChI=1S/C15H20N2O2/c16-15(6-1-2-7-15)10-14(18)17-12-3-4-13-11(9-12)5-8-19-13/h3-4,9H,1-2,5-8,10,16H2,(H,17,18). The minimum absolute atomic E-state index is 0.0169. The van der Waals surface area contributed by atoms with Crippen molar-refractivity contribution in [2.75, 3.05) is 11.9 Å². The number of rotatable bonds is 3. The van der Waals surface area contributed by atoms with Crippen LogP contribution in [0.4, 0.5) is 5.69 Å². The molecule has 0 aromatic heterocycles. The molecule has 1 aliphatic heterocycles. The van der Waals surface area contributed by atoms with E-state index in [2.05, 4.69) is 5.32 Å². The van der Waals surface area contributed by atoms with Gasteiger partial charge in [0.25, 0.3) is 0 Å². The van der Waals surface area contributed by atoms with Gasteiger partial charge in [-0.15, -0.1) is 0 Å². The quantitative estimate of drug-likeness (QED) is 0.876. The highest BCUT2D eigenvalue weighted by molar-refractivity contribution is 5.91. The summed E-state index contributed by atoms with van der Waals surface area (Å²) in [6.45, 7) is 0.735. The molecule has 0 spiro atoms. The fraction of sp³-hybridized carbons (Fsp3) is 0.533. The maximum atomic E-state index is 12.1. The predicted molar refractivity (Wildman–Crippen MR) is 74.3 cm³/mol. The lowest BCUT2D eigenvalue weighted by molar-refractivity contribution is -0.117. The van der Waals surface area contributed by atoms with E-state index < -0.39 is 0 Å². The Morgan fingerprint density at radius 3 is 2.95 bits per heavy atom. The molecule has 3 N–H and O–H groups in total. The number of amides is 1. The van der Waals surface area contributed by atoms with Gasteiger partial charge >= 0.3 is 0 Å². The van der Waals surface area contributed by atoms with Gasteiger partial charge in [0.05, 0.1) is 6.61 Å². The van der Waals surface area contributed by atoms with Gasteiger partial charge in [0.1, 0.15) is 5.75 Å². The summed E-state index contributed by atoms with van der Waals surface area (Å²) in [5.41, 5.74) is 7.95. The largest absolute Gasteiger partial charge is 0.493 e. The van der Waals surface area contributed by atoms with Crippen LogP contribution >= 0.6 is 0 Å². The normalized spacial score (nSPS) is 19.8. The van der Waals surface area contributed by atoms with E-state index in [4.69, 9.17) is 10.5 Å². The molecular formula is C15H20N2O2. The van der Waals surface area contributed by atoms with Gasteiger partial charge in [0, 0.05) is 24.1 Å². The van der Waals surface area contributed by atoms with Crippen molar-refractivity contribution < 1.29 is 9.53 Å². The molecule has 1 heterocycles. The number of ether oxygens (including phenoxy) is 1. The van der Waals surface area contributed by atoms with Crippen LogP contribution in [-0.4, -0.2) is 18.1 Å². The topological polar surface area (TPSA) is 64.4 Å². The number of benzene rings is 1. The molecule has 1 saturated carbocycles. The minimum Gasteiger partial charge on any atom is -0.493 e. The van der Waals surface area contributed by atoms with Gasteiger partial charge in [-0.25, -0.2) is 0 Å². The second-order valence-corrected chi connectivity index (χ2v) is 5.72. The summed E-state index contributed by atoms with van der Waals surface area (Å²) in [5.74, 6) is 0.951. The first-order chi connectivity index (χ1) is 9.15. The van der Waals surface area contributed by atoms with Crippen molar-refractivity contribution in [2.45, 2.75) is 44.1 Å². The second kappa shape index (κ2) is 4.85. The molecule has 4 nitrogen and oxygen atoms in total. The van der Waals surface area contributed by atoms with E-state index in [0.717, 1.165) is 50.1 Å². The van der Waals surface area contributed by atoms with Gasteiger partial charge in [-0.1, -0.05) is 12.8 Å². The van der Waals surface area contributed by atoms with Crippen LogP contribution in [0.2, 0.25) is 0 Å². The van der Waals surface area contributed by atoms with E-state index >= 15 is 0 Å². The van der Waals surface area contributed by atoms with Gasteiger partial charge in [0.15, 0.2) is 0 Å². The molecule has 2 aliphatic rings. The first-order valence-corrected chi connectivity index (χ1v) is 6.99. The predicted octanol–water partition coefficient (Wildman–Crippen LogP) is 2.22. The van der Waals surface area contributed by atoms with E-state index in [-0.39, 0.29) is 11.4 Å². The third kappa shape index (κ3) is 2.73. The van der Waals surface area contributed by atoms with Gasteiger partial charge in [-0.2, -0.15) is 0 Å². The first kappa shape index (κ1) is 12.5. The molecule has 1 fully saturated rings. The highest BCUT2D eigenvalue weighted by Gasteiger charge is 2.31. The minimum atomic E-state index is -0.288. The molecule has 0 radical (unpaired) electrons. The number of nitrogens with two attached hydrogens (primary N) is 1. The fourth-order valence-corrected chi connectivity index (χ4v) is 3.05. The number of anilines is 1. The maximum Gasteiger partial charge on any atom is 0.226 e. The molecule has 3 rings (SSSR count). The Kier molecular flexibility index (Phi) is 3.19. The summed E-state index contributed by atoms with van der Waals surface area (Å²) in [6.07, 6.45) is 5.53. The molecule has 1 amide bonds. The summed E-state index contributed by atoms with van der Waals surface area (Å²) < 4.78 is 5.45. The lowest BCUT2D eigenvalue weighted by Gasteiger charge is -2.22. The third-order valence-corrected chi connectivity index (χ3v) is 4.09. The van der Waals surface area contributed by atoms with Crippen LogP contribution in [0.1, 0.15) is 37.7 Å². The first-order valence-electron chi connectivity index (χ1n) is 6.99. The van der Waals surface area contributed by atoms with E-state index in [9.17, 15) is 4.79 Å². The highest BCUT2D eigenvalue weighted by Crippen LogP contribution is 2.31. The number of carbonyl (C=O) groups excluding carboxylic acids is 1. The molecule has 1 aliphatic carbocycles. The van der Waals surface area contributed by atoms with Gasteiger partial charge in [-0.05, 0) is 36.6 Å². The lowest BCUT2D eigenvalue weighted by Crippen LogP contribution is -2.40. The molecule has 1 aromatic rings. The second-order valence-electron chi connectivity index (χ2n) is 5.72. The maximum absolute atomic E-state index is 12.1. The molecule has 0 saturated heterocycles. The van der Waals surface area contributed by atoms with Crippen LogP contribution in [0.25, 0.3) is 0 Å². The molecular weight excluding hydrogens is 240 g/mol. The van der Waals surface area contributed by atoms with Gasteiger partial charge in [-0.3, -0.25) is 4.79 Å². The third-order valence-electron chi connectivity index (χ3n) is 4.09. The molecule has 0 bridgehead atoms. The van der Waals surface area contributed by atoms with Crippen LogP contribution in [0.5, 0.6) is 5.75 Å². The van der Waals surface area contributed by atoms with E-state index in [1.807, 2.05) is 18.2 Å². The smallest absolute Gasteiger partial charge is 0.226 e. The lowest BCUT2D eigenvalue weighted by atomic mass is 9.94. The van der Waals surface area contributed by atoms with E-state index in [1.54, 1.807) is 0 Å². The Bertz CT molecular complexity index is 493. The Balaban J connectivity index is 1.63. The zero-order valence-corrected chi connectivity index (χ0v) is 11.1. The molecule has 0 atom stereocenters. The SMILES string of the molecule is NC1(CC(=O)Nc2ccc3c(c2)CCO3)CCCC1. The number of carbonyl (C=O) groups is 1. The van der Waals surface area contributed by atoms with Gasteiger partial charge in [0.2, 0.25) is 5.91 Å². The van der Waals surface area contributed by atoms with Crippen LogP contribution in [0, 0.1) is 0 Å². The fourth-order valence-electron chi connectivity index (χ4n) is 3.05. The average molecular weight is 260 g/mol. The van der Waals surface area contributed by atoms with Crippen molar-refractivity contribution in [1.29, 1.82) is 0 Å². The summed E-state index contributed by atoms with van der Waals surface area (Å²) >= 11 is 0. The van der Waals surface area contributed by atoms with Crippen LogP contribution in [0.15, 0.2) is 18.2 Å². The van der Waals surface area contributed by atoms with Crippen LogP contribution in [-0.2, 0) is 11.2 Å². The average Bonchev–Trinajstić information content (AvgIpc) is 2.97. The van der Waals surface area contributed by atoms with E-state index in [0.29, 0.717) is 6.42 Å². The van der Waals surface area contributed by atoms with Crippen molar-refractivity contribution in [2.24, 2.45) is 5.73 Å². The summed E-state index contributed by atoms with van der Waals surface area (Å²) in [5, 5.41) is 2.95. The van der Waals surface area contributed by atoms with Crippen molar-refractivity contribution in [3.63, 3.8) is 0 Å². The van der Waals surface area contributed by atoms with Crippen LogP contribution < -0.4 is 15.8 Å². The zero-order valence-electron chi connectivity index (χ0n) is 11.1. The van der Waals surface area contributed by atoms with Crippen LogP contribution in [0.3, 0.4) is 0 Å². The molecule has 4 heteroatoms. The van der Waals surface area contributed by atoms with Gasteiger partial charge < -0.3 is 15.8 Å². The molecule has 102 valence electrons. The summed E-state index contributed by atoms with van der Waals surface area (Å²) in [6, 6.07) is 5.81. The molecule has 0 unspecified atom stereocenters. The molecule has 19 heavy (non-hydrogen) atoms. The van der Waals surface area contributed by atoms with Crippen molar-refractivity contribution in [1.82, 2.24) is 0 Å². The Labute approximate surface area is 113 Å². The number of hydrogen-bond donors (Lipinski definition) is 2. The number of fused-ring (bicyclic) bond motifs is 1. The zero-order chi connectivity index (χ0) is 13.3. The summed E-state index contributed by atoms with van der Waals surface area (Å²) in [7, 11) is 0. The van der Waals surface area contributed by atoms with Crippen molar-refractivity contribution in [3.8, 4) is 5.75 Å². The Hall–Kier alpha value is -1.55. The number of nitrogens with one attached hydrogen (secondary N) is 1.